The fourth-order valence-electron chi connectivity index (χ4n) is 4.05. The van der Waals surface area contributed by atoms with Crippen molar-refractivity contribution in [2.24, 2.45) is 0 Å². The highest BCUT2D eigenvalue weighted by Crippen LogP contribution is 2.36. The second-order valence-corrected chi connectivity index (χ2v) is 7.90. The van der Waals surface area contributed by atoms with E-state index in [0.717, 1.165) is 5.56 Å². The van der Waals surface area contributed by atoms with Gasteiger partial charge in [0.25, 0.3) is 11.8 Å². The van der Waals surface area contributed by atoms with Crippen LogP contribution in [0.1, 0.15) is 18.1 Å². The summed E-state index contributed by atoms with van der Waals surface area (Å²) in [7, 11) is 0. The van der Waals surface area contributed by atoms with Crippen molar-refractivity contribution in [3.8, 4) is 17.2 Å². The quantitative estimate of drug-likeness (QED) is 0.511. The van der Waals surface area contributed by atoms with Gasteiger partial charge >= 0.3 is 0 Å². The van der Waals surface area contributed by atoms with Gasteiger partial charge in [-0.15, -0.1) is 0 Å². The van der Waals surface area contributed by atoms with Gasteiger partial charge in [-0.25, -0.2) is 0 Å². The summed E-state index contributed by atoms with van der Waals surface area (Å²) in [4.78, 5) is 28.2. The Hall–Kier alpha value is -4.26. The van der Waals surface area contributed by atoms with Gasteiger partial charge < -0.3 is 19.5 Å². The van der Waals surface area contributed by atoms with Gasteiger partial charge in [0, 0.05) is 18.3 Å². The summed E-state index contributed by atoms with van der Waals surface area (Å²) in [5.74, 6) is 1.25. The van der Waals surface area contributed by atoms with Crippen LogP contribution in [0, 0.1) is 0 Å². The Morgan fingerprint density at radius 3 is 2.44 bits per heavy atom. The topological polar surface area (TPSA) is 77.1 Å². The molecule has 1 N–H and O–H groups in total. The minimum Gasteiger partial charge on any atom is -0.494 e. The van der Waals surface area contributed by atoms with Crippen LogP contribution in [0.15, 0.2) is 78.5 Å². The molecule has 3 aromatic carbocycles. The lowest BCUT2D eigenvalue weighted by molar-refractivity contribution is -0.136. The molecule has 3 aromatic rings. The van der Waals surface area contributed by atoms with E-state index in [4.69, 9.17) is 14.2 Å². The Kier molecular flexibility index (Phi) is 5.91. The number of rotatable bonds is 8. The Bertz CT molecular complexity index is 1250. The largest absolute Gasteiger partial charge is 0.494 e. The van der Waals surface area contributed by atoms with Gasteiger partial charge in [-0.1, -0.05) is 42.5 Å². The van der Waals surface area contributed by atoms with Gasteiger partial charge in [-0.05, 0) is 48.7 Å². The number of anilines is 1. The molecule has 0 atom stereocenters. The van der Waals surface area contributed by atoms with Crippen molar-refractivity contribution in [1.82, 2.24) is 4.90 Å². The average molecular weight is 456 g/mol. The molecule has 2 aliphatic rings. The van der Waals surface area contributed by atoms with Crippen molar-refractivity contribution >= 4 is 23.1 Å². The molecule has 172 valence electrons. The van der Waals surface area contributed by atoms with Crippen LogP contribution in [-0.2, 0) is 16.0 Å². The van der Waals surface area contributed by atoms with E-state index in [0.29, 0.717) is 47.1 Å². The Balaban J connectivity index is 1.46. The van der Waals surface area contributed by atoms with Crippen molar-refractivity contribution in [2.45, 2.75) is 13.3 Å². The number of nitrogens with zero attached hydrogens (tertiary/aromatic N) is 1. The minimum atomic E-state index is -0.359. The van der Waals surface area contributed by atoms with E-state index in [1.165, 1.54) is 4.90 Å². The lowest BCUT2D eigenvalue weighted by atomic mass is 10.0. The molecule has 2 amide bonds. The Labute approximate surface area is 197 Å². The van der Waals surface area contributed by atoms with Gasteiger partial charge in [0.15, 0.2) is 11.5 Å². The Morgan fingerprint density at radius 2 is 1.68 bits per heavy atom. The van der Waals surface area contributed by atoms with E-state index >= 15 is 0 Å². The maximum Gasteiger partial charge on any atom is 0.278 e. The van der Waals surface area contributed by atoms with Crippen LogP contribution in [0.25, 0.3) is 5.57 Å². The number of hydrogen-bond donors (Lipinski definition) is 1. The fraction of sp³-hybridized carbons (Fsp3) is 0.185. The van der Waals surface area contributed by atoms with Crippen molar-refractivity contribution in [2.75, 3.05) is 25.3 Å². The zero-order chi connectivity index (χ0) is 23.5. The van der Waals surface area contributed by atoms with E-state index in [9.17, 15) is 9.59 Å². The van der Waals surface area contributed by atoms with Gasteiger partial charge in [0.1, 0.15) is 11.4 Å². The number of ether oxygens (including phenoxy) is 3. The summed E-state index contributed by atoms with van der Waals surface area (Å²) in [5, 5.41) is 3.17. The first-order chi connectivity index (χ1) is 16.6. The molecule has 0 saturated heterocycles. The van der Waals surface area contributed by atoms with Crippen molar-refractivity contribution in [1.29, 1.82) is 0 Å². The van der Waals surface area contributed by atoms with Crippen molar-refractivity contribution < 1.29 is 23.8 Å². The summed E-state index contributed by atoms with van der Waals surface area (Å²) >= 11 is 0. The second kappa shape index (κ2) is 9.31. The SMILES string of the molecule is CCOc1ccc(C2=C(Nc3ccc4c(c3)OCO4)C(=O)N(CCc3ccccc3)C2=O)cc1. The maximum atomic E-state index is 13.5. The number of amides is 2. The molecule has 7 heteroatoms. The van der Waals surface area contributed by atoms with Crippen LogP contribution < -0.4 is 19.5 Å². The number of hydrogen-bond acceptors (Lipinski definition) is 6. The van der Waals surface area contributed by atoms with Crippen molar-refractivity contribution in [3.63, 3.8) is 0 Å². The number of benzene rings is 3. The van der Waals surface area contributed by atoms with Crippen LogP contribution in [0.4, 0.5) is 5.69 Å². The summed E-state index contributed by atoms with van der Waals surface area (Å²) in [6, 6.07) is 22.3. The van der Waals surface area contributed by atoms with E-state index < -0.39 is 0 Å². The molecule has 0 aromatic heterocycles. The number of imide groups is 1. The highest BCUT2D eigenvalue weighted by Gasteiger charge is 2.39. The predicted molar refractivity (Wildman–Crippen MR) is 128 cm³/mol. The first kappa shape index (κ1) is 21.6. The molecule has 0 spiro atoms. The van der Waals surface area contributed by atoms with Gasteiger partial charge in [-0.2, -0.15) is 0 Å². The van der Waals surface area contributed by atoms with E-state index in [2.05, 4.69) is 5.32 Å². The summed E-state index contributed by atoms with van der Waals surface area (Å²) in [5.41, 5.74) is 2.91. The predicted octanol–water partition coefficient (Wildman–Crippen LogP) is 4.25. The molecule has 5 rings (SSSR count). The third-order valence-corrected chi connectivity index (χ3v) is 5.73. The van der Waals surface area contributed by atoms with E-state index in [1.54, 1.807) is 42.5 Å². The van der Waals surface area contributed by atoms with Crippen LogP contribution in [0.3, 0.4) is 0 Å². The standard InChI is InChI=1S/C27H24N2O5/c1-2-32-21-11-8-19(9-12-21)24-25(28-20-10-13-22-23(16-20)34-17-33-22)27(31)29(26(24)30)15-14-18-6-4-3-5-7-18/h3-13,16,28H,2,14-15,17H2,1H3. The lowest BCUT2D eigenvalue weighted by Gasteiger charge is -2.15. The number of nitrogens with one attached hydrogen (secondary N) is 1. The lowest BCUT2D eigenvalue weighted by Crippen LogP contribution is -2.34. The first-order valence-corrected chi connectivity index (χ1v) is 11.2. The van der Waals surface area contributed by atoms with Gasteiger partial charge in [-0.3, -0.25) is 14.5 Å². The minimum absolute atomic E-state index is 0.156. The first-order valence-electron chi connectivity index (χ1n) is 11.2. The van der Waals surface area contributed by atoms with Crippen LogP contribution >= 0.6 is 0 Å². The molecule has 0 saturated carbocycles. The van der Waals surface area contributed by atoms with Crippen LogP contribution in [0.2, 0.25) is 0 Å². The van der Waals surface area contributed by atoms with E-state index in [-0.39, 0.29) is 30.8 Å². The third kappa shape index (κ3) is 4.20. The highest BCUT2D eigenvalue weighted by molar-refractivity contribution is 6.36. The maximum absolute atomic E-state index is 13.5. The zero-order valence-electron chi connectivity index (χ0n) is 18.7. The van der Waals surface area contributed by atoms with Crippen molar-refractivity contribution in [3.05, 3.63) is 89.6 Å². The molecule has 0 unspecified atom stereocenters. The molecule has 34 heavy (non-hydrogen) atoms. The monoisotopic (exact) mass is 456 g/mol. The molecule has 0 fully saturated rings. The zero-order valence-corrected chi connectivity index (χ0v) is 18.7. The van der Waals surface area contributed by atoms with E-state index in [1.807, 2.05) is 37.3 Å². The molecular formula is C27H24N2O5. The number of carbonyl (C=O) groups excluding carboxylic acids is 2. The molecule has 2 aliphatic heterocycles. The summed E-state index contributed by atoms with van der Waals surface area (Å²) < 4.78 is 16.3. The van der Waals surface area contributed by atoms with Gasteiger partial charge in [0.2, 0.25) is 6.79 Å². The second-order valence-electron chi connectivity index (χ2n) is 7.90. The summed E-state index contributed by atoms with van der Waals surface area (Å²) in [6.07, 6.45) is 0.576. The van der Waals surface area contributed by atoms with Gasteiger partial charge in [0.05, 0.1) is 12.2 Å². The normalized spacial score (nSPS) is 14.7. The molecular weight excluding hydrogens is 432 g/mol. The van der Waals surface area contributed by atoms with Crippen LogP contribution in [0.5, 0.6) is 17.2 Å². The average Bonchev–Trinajstić information content (AvgIpc) is 3.41. The molecule has 2 heterocycles. The number of fused-ring (bicyclic) bond motifs is 1. The smallest absolute Gasteiger partial charge is 0.278 e. The fourth-order valence-corrected chi connectivity index (χ4v) is 4.05. The molecule has 0 radical (unpaired) electrons. The third-order valence-electron chi connectivity index (χ3n) is 5.73. The molecule has 0 aliphatic carbocycles. The summed E-state index contributed by atoms with van der Waals surface area (Å²) in [6.45, 7) is 2.90. The number of carbonyl (C=O) groups is 2. The Morgan fingerprint density at radius 1 is 0.912 bits per heavy atom. The highest BCUT2D eigenvalue weighted by atomic mass is 16.7. The molecule has 7 nitrogen and oxygen atoms in total. The van der Waals surface area contributed by atoms with Crippen LogP contribution in [-0.4, -0.2) is 36.7 Å². The molecule has 0 bridgehead atoms.